The molecule has 10 nitrogen and oxygen atoms in total. The minimum Gasteiger partial charge on any atom is -0.484 e. The molecule has 0 spiro atoms. The molecular weight excluding hydrogens is 533 g/mol. The third-order valence-electron chi connectivity index (χ3n) is 6.20. The van der Waals surface area contributed by atoms with Crippen LogP contribution >= 0.6 is 11.3 Å². The number of benzene rings is 2. The fourth-order valence-corrected chi connectivity index (χ4v) is 4.93. The van der Waals surface area contributed by atoms with Crippen molar-refractivity contribution in [2.45, 2.75) is 39.9 Å². The highest BCUT2D eigenvalue weighted by Gasteiger charge is 2.22. The SMILES string of the molecule is Cc1cc(-c2nc3cc(F)c(O[C@@H](C)[C@@H](C)OC(=O)Nc4cnc(C)nc4)cc3s2)c2ncc(N(C)C)nc2c1. The zero-order valence-corrected chi connectivity index (χ0v) is 23.7. The molecule has 5 rings (SSSR count). The van der Waals surface area contributed by atoms with Gasteiger partial charge < -0.3 is 14.4 Å². The van der Waals surface area contributed by atoms with Crippen LogP contribution in [0.1, 0.15) is 25.2 Å². The van der Waals surface area contributed by atoms with Crippen LogP contribution in [0.3, 0.4) is 0 Å². The molecule has 0 saturated carbocycles. The number of aromatic nitrogens is 5. The molecule has 0 fully saturated rings. The average Bonchev–Trinajstić information content (AvgIpc) is 3.31. The van der Waals surface area contributed by atoms with Gasteiger partial charge in [-0.05, 0) is 45.4 Å². The number of carbonyl (C=O) groups is 1. The van der Waals surface area contributed by atoms with Gasteiger partial charge in [0.2, 0.25) is 0 Å². The molecule has 5 aromatic rings. The van der Waals surface area contributed by atoms with Crippen molar-refractivity contribution in [3.8, 4) is 16.3 Å². The van der Waals surface area contributed by atoms with Crippen molar-refractivity contribution >= 4 is 50.2 Å². The van der Waals surface area contributed by atoms with Crippen LogP contribution in [0, 0.1) is 19.7 Å². The summed E-state index contributed by atoms with van der Waals surface area (Å²) in [6.45, 7) is 7.11. The number of amides is 1. The molecule has 0 unspecified atom stereocenters. The smallest absolute Gasteiger partial charge is 0.412 e. The Hall–Kier alpha value is -4.45. The van der Waals surface area contributed by atoms with Crippen LogP contribution < -0.4 is 15.0 Å². The van der Waals surface area contributed by atoms with E-state index in [4.69, 9.17) is 14.5 Å². The maximum atomic E-state index is 15.1. The maximum Gasteiger partial charge on any atom is 0.412 e. The van der Waals surface area contributed by atoms with E-state index in [2.05, 4.69) is 25.3 Å². The molecule has 3 heterocycles. The van der Waals surface area contributed by atoms with Gasteiger partial charge >= 0.3 is 6.09 Å². The lowest BCUT2D eigenvalue weighted by molar-refractivity contribution is 0.0402. The zero-order valence-electron chi connectivity index (χ0n) is 22.9. The predicted molar refractivity (Wildman–Crippen MR) is 154 cm³/mol. The zero-order chi connectivity index (χ0) is 28.6. The van der Waals surface area contributed by atoms with Gasteiger partial charge in [-0.15, -0.1) is 11.3 Å². The van der Waals surface area contributed by atoms with Gasteiger partial charge in [0.1, 0.15) is 28.9 Å². The molecule has 40 heavy (non-hydrogen) atoms. The van der Waals surface area contributed by atoms with Gasteiger partial charge in [-0.25, -0.2) is 29.1 Å². The van der Waals surface area contributed by atoms with Gasteiger partial charge in [-0.2, -0.15) is 0 Å². The number of carbonyl (C=O) groups excluding carboxylic acids is 1. The summed E-state index contributed by atoms with van der Waals surface area (Å²) in [7, 11) is 3.83. The quantitative estimate of drug-likeness (QED) is 0.258. The highest BCUT2D eigenvalue weighted by Crippen LogP contribution is 2.37. The number of halogens is 1. The summed E-state index contributed by atoms with van der Waals surface area (Å²) in [4.78, 5) is 36.3. The molecule has 2 aromatic carbocycles. The molecule has 0 aliphatic rings. The Balaban J connectivity index is 1.35. The lowest BCUT2D eigenvalue weighted by Gasteiger charge is -2.22. The van der Waals surface area contributed by atoms with Crippen LogP contribution in [-0.4, -0.2) is 57.3 Å². The molecule has 0 bridgehead atoms. The number of fused-ring (bicyclic) bond motifs is 2. The second-order valence-corrected chi connectivity index (χ2v) is 10.7. The average molecular weight is 562 g/mol. The molecule has 3 aromatic heterocycles. The Kier molecular flexibility index (Phi) is 7.44. The standard InChI is InChI=1S/C28H28FN7O3S/c1-14-7-19(26-22(8-14)34-25(13-32-26)36(5)6)27-35-21-9-20(29)23(10-24(21)40-27)38-15(2)16(3)39-28(37)33-18-11-30-17(4)31-12-18/h7-13,15-16H,1-6H3,(H,33,37)/t15-,16+/m0/s1. The summed E-state index contributed by atoms with van der Waals surface area (Å²) in [5.74, 6) is 0.823. The first kappa shape index (κ1) is 27.1. The number of thiazole rings is 1. The Labute approximate surface area is 234 Å². The number of ether oxygens (including phenoxy) is 2. The van der Waals surface area contributed by atoms with E-state index in [1.54, 1.807) is 33.0 Å². The molecule has 1 N–H and O–H groups in total. The van der Waals surface area contributed by atoms with Crippen LogP contribution in [0.4, 0.5) is 20.7 Å². The monoisotopic (exact) mass is 561 g/mol. The number of hydrogen-bond donors (Lipinski definition) is 1. The number of aryl methyl sites for hydroxylation is 2. The van der Waals surface area contributed by atoms with E-state index in [0.717, 1.165) is 32.7 Å². The lowest BCUT2D eigenvalue weighted by atomic mass is 10.1. The third-order valence-corrected chi connectivity index (χ3v) is 7.25. The van der Waals surface area contributed by atoms with Crippen LogP contribution in [0.25, 0.3) is 31.8 Å². The van der Waals surface area contributed by atoms with Crippen molar-refractivity contribution in [1.29, 1.82) is 0 Å². The Bertz CT molecular complexity index is 1710. The Morgan fingerprint density at radius 1 is 0.975 bits per heavy atom. The molecule has 0 radical (unpaired) electrons. The van der Waals surface area contributed by atoms with Gasteiger partial charge in [-0.1, -0.05) is 0 Å². The van der Waals surface area contributed by atoms with E-state index < -0.39 is 24.1 Å². The lowest BCUT2D eigenvalue weighted by Crippen LogP contribution is -2.32. The first-order valence-corrected chi connectivity index (χ1v) is 13.4. The number of nitrogens with one attached hydrogen (secondary N) is 1. The summed E-state index contributed by atoms with van der Waals surface area (Å²) < 4.78 is 27.1. The van der Waals surface area contributed by atoms with Crippen molar-refractivity contribution < 1.29 is 18.7 Å². The summed E-state index contributed by atoms with van der Waals surface area (Å²) in [5.41, 5.74) is 4.24. The maximum absolute atomic E-state index is 15.1. The Morgan fingerprint density at radius 2 is 1.73 bits per heavy atom. The summed E-state index contributed by atoms with van der Waals surface area (Å²) >= 11 is 1.41. The van der Waals surface area contributed by atoms with Crippen LogP contribution in [0.15, 0.2) is 42.9 Å². The number of nitrogens with zero attached hydrogens (tertiary/aromatic N) is 6. The fraction of sp³-hybridized carbons (Fsp3) is 0.286. The van der Waals surface area contributed by atoms with Crippen LogP contribution in [0.2, 0.25) is 0 Å². The molecule has 0 aliphatic heterocycles. The highest BCUT2D eigenvalue weighted by molar-refractivity contribution is 7.21. The fourth-order valence-electron chi connectivity index (χ4n) is 3.93. The summed E-state index contributed by atoms with van der Waals surface area (Å²) in [5, 5.41) is 3.27. The predicted octanol–water partition coefficient (Wildman–Crippen LogP) is 5.92. The number of rotatable bonds is 7. The summed E-state index contributed by atoms with van der Waals surface area (Å²) in [6, 6.07) is 6.96. The molecule has 2 atom stereocenters. The normalized spacial score (nSPS) is 12.8. The third kappa shape index (κ3) is 5.76. The molecule has 0 aliphatic carbocycles. The van der Waals surface area contributed by atoms with Gasteiger partial charge in [0.05, 0.1) is 45.5 Å². The number of hydrogen-bond acceptors (Lipinski definition) is 10. The first-order chi connectivity index (χ1) is 19.1. The van der Waals surface area contributed by atoms with E-state index in [9.17, 15) is 4.79 Å². The second kappa shape index (κ2) is 11.0. The van der Waals surface area contributed by atoms with Crippen molar-refractivity contribution in [3.05, 3.63) is 60.1 Å². The van der Waals surface area contributed by atoms with E-state index in [1.165, 1.54) is 29.8 Å². The van der Waals surface area contributed by atoms with Gasteiger partial charge in [-0.3, -0.25) is 10.3 Å². The van der Waals surface area contributed by atoms with Gasteiger partial charge in [0, 0.05) is 31.8 Å². The van der Waals surface area contributed by atoms with Crippen LogP contribution in [-0.2, 0) is 4.74 Å². The van der Waals surface area contributed by atoms with Crippen molar-refractivity contribution in [3.63, 3.8) is 0 Å². The van der Waals surface area contributed by atoms with Crippen molar-refractivity contribution in [2.75, 3.05) is 24.3 Å². The van der Waals surface area contributed by atoms with Gasteiger partial charge in [0.15, 0.2) is 11.6 Å². The second-order valence-electron chi connectivity index (χ2n) is 9.65. The van der Waals surface area contributed by atoms with E-state index >= 15 is 4.39 Å². The van der Waals surface area contributed by atoms with Crippen molar-refractivity contribution in [1.82, 2.24) is 24.9 Å². The largest absolute Gasteiger partial charge is 0.484 e. The van der Waals surface area contributed by atoms with E-state index in [0.29, 0.717) is 22.0 Å². The van der Waals surface area contributed by atoms with Crippen LogP contribution in [0.5, 0.6) is 5.75 Å². The minimum atomic E-state index is -0.690. The topological polar surface area (TPSA) is 115 Å². The Morgan fingerprint density at radius 3 is 2.45 bits per heavy atom. The minimum absolute atomic E-state index is 0.0440. The van der Waals surface area contributed by atoms with E-state index in [-0.39, 0.29) is 5.75 Å². The number of anilines is 2. The highest BCUT2D eigenvalue weighted by atomic mass is 32.1. The molecular formula is C28H28FN7O3S. The molecule has 206 valence electrons. The van der Waals surface area contributed by atoms with E-state index in [1.807, 2.05) is 38.1 Å². The first-order valence-electron chi connectivity index (χ1n) is 12.6. The molecule has 12 heteroatoms. The van der Waals surface area contributed by atoms with Gasteiger partial charge in [0.25, 0.3) is 0 Å². The summed E-state index contributed by atoms with van der Waals surface area (Å²) in [6.07, 6.45) is 2.68. The molecule has 1 amide bonds. The molecule has 0 saturated heterocycles. The van der Waals surface area contributed by atoms with Crippen molar-refractivity contribution in [2.24, 2.45) is 0 Å².